The zero-order chi connectivity index (χ0) is 18.8. The summed E-state index contributed by atoms with van der Waals surface area (Å²) >= 11 is 0. The van der Waals surface area contributed by atoms with E-state index >= 15 is 0 Å². The van der Waals surface area contributed by atoms with E-state index in [4.69, 9.17) is 14.3 Å². The van der Waals surface area contributed by atoms with Gasteiger partial charge >= 0.3 is 0 Å². The first-order valence-electron chi connectivity index (χ1n) is 9.16. The fourth-order valence-corrected chi connectivity index (χ4v) is 2.15. The number of oxime groups is 1. The van der Waals surface area contributed by atoms with Gasteiger partial charge in [0.2, 0.25) is 0 Å². The van der Waals surface area contributed by atoms with E-state index in [0.717, 1.165) is 35.7 Å². The standard InChI is InChI=1S/C21H28N2O3/c1-5-16(3)25-19-12-10-18(11-13-19)24-15-17(4)26-23-20(6-2)21-9-7-8-14-22-21/h7-14,16-17H,5-6,15H2,1-4H3/b23-20+. The summed E-state index contributed by atoms with van der Waals surface area (Å²) in [5.41, 5.74) is 1.66. The molecule has 0 fully saturated rings. The predicted molar refractivity (Wildman–Crippen MR) is 104 cm³/mol. The van der Waals surface area contributed by atoms with Crippen molar-refractivity contribution in [2.75, 3.05) is 6.61 Å². The molecule has 0 N–H and O–H groups in total. The first-order valence-corrected chi connectivity index (χ1v) is 9.16. The number of nitrogens with zero attached hydrogens (tertiary/aromatic N) is 2. The van der Waals surface area contributed by atoms with E-state index in [2.05, 4.69) is 24.0 Å². The average molecular weight is 356 g/mol. The molecule has 2 unspecified atom stereocenters. The molecular weight excluding hydrogens is 328 g/mol. The lowest BCUT2D eigenvalue weighted by molar-refractivity contribution is 0.0364. The van der Waals surface area contributed by atoms with Crippen LogP contribution < -0.4 is 9.47 Å². The molecule has 2 atom stereocenters. The lowest BCUT2D eigenvalue weighted by Crippen LogP contribution is -2.17. The molecule has 0 radical (unpaired) electrons. The first kappa shape index (κ1) is 19.8. The van der Waals surface area contributed by atoms with Crippen LogP contribution in [0, 0.1) is 0 Å². The van der Waals surface area contributed by atoms with Gasteiger partial charge in [-0.1, -0.05) is 25.1 Å². The Labute approximate surface area is 156 Å². The maximum absolute atomic E-state index is 5.76. The highest BCUT2D eigenvalue weighted by Gasteiger charge is 2.08. The topological polar surface area (TPSA) is 52.9 Å². The molecule has 1 aromatic carbocycles. The highest BCUT2D eigenvalue weighted by molar-refractivity contribution is 5.98. The predicted octanol–water partition coefficient (Wildman–Crippen LogP) is 4.86. The van der Waals surface area contributed by atoms with E-state index < -0.39 is 0 Å². The van der Waals surface area contributed by atoms with Gasteiger partial charge in [-0.15, -0.1) is 0 Å². The van der Waals surface area contributed by atoms with Crippen molar-refractivity contribution in [3.8, 4) is 11.5 Å². The molecule has 0 aliphatic rings. The van der Waals surface area contributed by atoms with Crippen molar-refractivity contribution in [2.45, 2.75) is 52.7 Å². The van der Waals surface area contributed by atoms with Gasteiger partial charge in [0.25, 0.3) is 0 Å². The van der Waals surface area contributed by atoms with Gasteiger partial charge < -0.3 is 14.3 Å². The van der Waals surface area contributed by atoms with E-state index in [1.54, 1.807) is 6.20 Å². The SMILES string of the molecule is CC/C(=N\OC(C)COc1ccc(OC(C)CC)cc1)c1ccccn1. The van der Waals surface area contributed by atoms with Gasteiger partial charge in [0.1, 0.15) is 23.8 Å². The third-order valence-corrected chi connectivity index (χ3v) is 3.86. The molecule has 2 aromatic rings. The van der Waals surface area contributed by atoms with Gasteiger partial charge in [-0.2, -0.15) is 0 Å². The summed E-state index contributed by atoms with van der Waals surface area (Å²) in [5, 5.41) is 4.23. The Morgan fingerprint density at radius 1 is 1.00 bits per heavy atom. The van der Waals surface area contributed by atoms with Gasteiger partial charge in [-0.3, -0.25) is 4.98 Å². The number of hydrogen-bond acceptors (Lipinski definition) is 5. The van der Waals surface area contributed by atoms with E-state index in [0.29, 0.717) is 6.61 Å². The minimum Gasteiger partial charge on any atom is -0.491 e. The monoisotopic (exact) mass is 356 g/mol. The summed E-state index contributed by atoms with van der Waals surface area (Å²) < 4.78 is 11.5. The van der Waals surface area contributed by atoms with E-state index in [1.165, 1.54) is 0 Å². The fourth-order valence-electron chi connectivity index (χ4n) is 2.15. The van der Waals surface area contributed by atoms with Crippen LogP contribution in [0.15, 0.2) is 53.8 Å². The van der Waals surface area contributed by atoms with Crippen LogP contribution in [0.1, 0.15) is 46.2 Å². The molecule has 26 heavy (non-hydrogen) atoms. The van der Waals surface area contributed by atoms with Crippen molar-refractivity contribution in [3.63, 3.8) is 0 Å². The Morgan fingerprint density at radius 3 is 2.35 bits per heavy atom. The largest absolute Gasteiger partial charge is 0.491 e. The number of ether oxygens (including phenoxy) is 2. The Kier molecular flexibility index (Phi) is 7.93. The van der Waals surface area contributed by atoms with Crippen LogP contribution in [0.4, 0.5) is 0 Å². The summed E-state index contributed by atoms with van der Waals surface area (Å²) in [6, 6.07) is 13.4. The summed E-state index contributed by atoms with van der Waals surface area (Å²) in [4.78, 5) is 9.86. The molecule has 140 valence electrons. The molecule has 0 saturated heterocycles. The number of benzene rings is 1. The van der Waals surface area contributed by atoms with Gasteiger partial charge in [0.05, 0.1) is 11.8 Å². The van der Waals surface area contributed by atoms with E-state index in [-0.39, 0.29) is 12.2 Å². The van der Waals surface area contributed by atoms with Gasteiger partial charge in [-0.25, -0.2) is 0 Å². The molecule has 0 amide bonds. The lowest BCUT2D eigenvalue weighted by atomic mass is 10.2. The van der Waals surface area contributed by atoms with Crippen LogP contribution in [-0.2, 0) is 4.84 Å². The van der Waals surface area contributed by atoms with Gasteiger partial charge in [-0.05, 0) is 63.1 Å². The highest BCUT2D eigenvalue weighted by Crippen LogP contribution is 2.19. The van der Waals surface area contributed by atoms with Crippen LogP contribution >= 0.6 is 0 Å². The Balaban J connectivity index is 1.82. The van der Waals surface area contributed by atoms with Crippen LogP contribution in [0.2, 0.25) is 0 Å². The van der Waals surface area contributed by atoms with Crippen molar-refractivity contribution in [1.29, 1.82) is 0 Å². The second-order valence-electron chi connectivity index (χ2n) is 6.14. The highest BCUT2D eigenvalue weighted by atomic mass is 16.6. The molecule has 0 bridgehead atoms. The van der Waals surface area contributed by atoms with Crippen LogP contribution in [0.25, 0.3) is 0 Å². The fraction of sp³-hybridized carbons (Fsp3) is 0.429. The molecule has 0 saturated carbocycles. The minimum absolute atomic E-state index is 0.170. The molecule has 5 nitrogen and oxygen atoms in total. The average Bonchev–Trinajstić information content (AvgIpc) is 2.68. The summed E-state index contributed by atoms with van der Waals surface area (Å²) in [7, 11) is 0. The van der Waals surface area contributed by atoms with Crippen molar-refractivity contribution < 1.29 is 14.3 Å². The number of pyridine rings is 1. The molecule has 0 spiro atoms. The Hall–Kier alpha value is -2.56. The maximum Gasteiger partial charge on any atom is 0.158 e. The Morgan fingerprint density at radius 2 is 1.73 bits per heavy atom. The second-order valence-corrected chi connectivity index (χ2v) is 6.14. The first-order chi connectivity index (χ1) is 12.6. The van der Waals surface area contributed by atoms with Crippen LogP contribution in [-0.4, -0.2) is 29.5 Å². The lowest BCUT2D eigenvalue weighted by Gasteiger charge is -2.14. The molecule has 1 heterocycles. The van der Waals surface area contributed by atoms with Crippen molar-refractivity contribution >= 4 is 5.71 Å². The number of hydrogen-bond donors (Lipinski definition) is 0. The van der Waals surface area contributed by atoms with E-state index in [9.17, 15) is 0 Å². The summed E-state index contributed by atoms with van der Waals surface area (Å²) in [6.45, 7) is 8.52. The van der Waals surface area contributed by atoms with E-state index in [1.807, 2.05) is 56.3 Å². The zero-order valence-electron chi connectivity index (χ0n) is 16.0. The number of rotatable bonds is 10. The molecular formula is C21H28N2O3. The quantitative estimate of drug-likeness (QED) is 0.451. The van der Waals surface area contributed by atoms with Crippen molar-refractivity contribution in [2.24, 2.45) is 5.16 Å². The zero-order valence-corrected chi connectivity index (χ0v) is 16.0. The van der Waals surface area contributed by atoms with Crippen molar-refractivity contribution in [1.82, 2.24) is 4.98 Å². The van der Waals surface area contributed by atoms with Crippen molar-refractivity contribution in [3.05, 3.63) is 54.4 Å². The summed E-state index contributed by atoms with van der Waals surface area (Å²) in [6.07, 6.45) is 3.52. The normalized spacial score (nSPS) is 13.8. The molecule has 0 aliphatic carbocycles. The van der Waals surface area contributed by atoms with Gasteiger partial charge in [0, 0.05) is 6.20 Å². The molecule has 0 aliphatic heterocycles. The number of aromatic nitrogens is 1. The summed E-state index contributed by atoms with van der Waals surface area (Å²) in [5.74, 6) is 1.63. The minimum atomic E-state index is -0.170. The third-order valence-electron chi connectivity index (χ3n) is 3.86. The molecule has 2 rings (SSSR count). The third kappa shape index (κ3) is 6.39. The van der Waals surface area contributed by atoms with Gasteiger partial charge in [0.15, 0.2) is 6.10 Å². The molecule has 1 aromatic heterocycles. The van der Waals surface area contributed by atoms with Crippen LogP contribution in [0.5, 0.6) is 11.5 Å². The molecule has 5 heteroatoms. The second kappa shape index (κ2) is 10.4. The van der Waals surface area contributed by atoms with Crippen LogP contribution in [0.3, 0.4) is 0 Å². The maximum atomic E-state index is 5.76. The smallest absolute Gasteiger partial charge is 0.158 e. The Bertz CT molecular complexity index is 671.